The molecule has 1 aliphatic heterocycles. The van der Waals surface area contributed by atoms with Gasteiger partial charge in [0, 0.05) is 41.8 Å². The summed E-state index contributed by atoms with van der Waals surface area (Å²) in [5, 5.41) is 4.63. The molecule has 3 aromatic rings. The zero-order chi connectivity index (χ0) is 21.1. The van der Waals surface area contributed by atoms with Crippen LogP contribution in [0.2, 0.25) is 5.02 Å². The Labute approximate surface area is 181 Å². The van der Waals surface area contributed by atoms with Crippen molar-refractivity contribution in [2.45, 2.75) is 24.2 Å². The number of para-hydroxylation sites is 1. The molecular weight excluding hydrogens is 422 g/mol. The van der Waals surface area contributed by atoms with Gasteiger partial charge in [0.2, 0.25) is 15.9 Å². The van der Waals surface area contributed by atoms with Crippen molar-refractivity contribution in [1.82, 2.24) is 14.6 Å². The van der Waals surface area contributed by atoms with Crippen LogP contribution < -0.4 is 5.32 Å². The molecule has 6 nitrogen and oxygen atoms in total. The minimum Gasteiger partial charge on any atom is -0.361 e. The van der Waals surface area contributed by atoms with E-state index in [2.05, 4.69) is 16.4 Å². The third-order valence-electron chi connectivity index (χ3n) is 5.57. The minimum absolute atomic E-state index is 0.0918. The second kappa shape index (κ2) is 8.79. The number of nitrogens with zero attached hydrogens (tertiary/aromatic N) is 1. The first-order valence-corrected chi connectivity index (χ1v) is 11.9. The van der Waals surface area contributed by atoms with Gasteiger partial charge in [0.15, 0.2) is 0 Å². The lowest BCUT2D eigenvalue weighted by Gasteiger charge is -2.31. The molecule has 1 atom stereocenters. The van der Waals surface area contributed by atoms with E-state index in [9.17, 15) is 13.2 Å². The van der Waals surface area contributed by atoms with Crippen molar-refractivity contribution in [2.24, 2.45) is 5.92 Å². The topological polar surface area (TPSA) is 82.3 Å². The molecule has 0 bridgehead atoms. The second-order valence-electron chi connectivity index (χ2n) is 7.56. The Kier molecular flexibility index (Phi) is 6.13. The van der Waals surface area contributed by atoms with Crippen LogP contribution in [-0.2, 0) is 21.2 Å². The molecular formula is C22H24ClN3O3S. The number of carbonyl (C=O) groups excluding carboxylic acids is 1. The normalized spacial score (nSPS) is 17.8. The Bertz CT molecular complexity index is 1140. The van der Waals surface area contributed by atoms with E-state index >= 15 is 0 Å². The number of carbonyl (C=O) groups is 1. The number of H-pyrrole nitrogens is 1. The van der Waals surface area contributed by atoms with Crippen molar-refractivity contribution in [2.75, 3.05) is 19.6 Å². The lowest BCUT2D eigenvalue weighted by molar-refractivity contribution is -0.126. The fraction of sp³-hybridized carbons (Fsp3) is 0.318. The SMILES string of the molecule is O=C(NCCc1c[nH]c2ccccc12)[C@H]1CCCN(S(=O)(=O)c2ccc(Cl)cc2)C1. The lowest BCUT2D eigenvalue weighted by atomic mass is 9.99. The molecule has 1 aromatic heterocycles. The standard InChI is InChI=1S/C22H24ClN3O3S/c23-18-7-9-19(10-8-18)30(28,29)26-13-3-4-17(15-26)22(27)24-12-11-16-14-25-21-6-2-1-5-20(16)21/h1-2,5-10,14,17,25H,3-4,11-13,15H2,(H,24,27)/t17-/m0/s1. The van der Waals surface area contributed by atoms with Crippen LogP contribution in [-0.4, -0.2) is 43.2 Å². The molecule has 8 heteroatoms. The second-order valence-corrected chi connectivity index (χ2v) is 9.93. The molecule has 1 fully saturated rings. The molecule has 0 spiro atoms. The number of halogens is 1. The van der Waals surface area contributed by atoms with Crippen LogP contribution in [0.1, 0.15) is 18.4 Å². The lowest BCUT2D eigenvalue weighted by Crippen LogP contribution is -2.45. The number of nitrogens with one attached hydrogen (secondary N) is 2. The van der Waals surface area contributed by atoms with Gasteiger partial charge in [-0.15, -0.1) is 0 Å². The Morgan fingerprint density at radius 1 is 1.17 bits per heavy atom. The summed E-state index contributed by atoms with van der Waals surface area (Å²) < 4.78 is 27.2. The molecule has 2 N–H and O–H groups in total. The predicted octanol–water partition coefficient (Wildman–Crippen LogP) is 3.58. The summed E-state index contributed by atoms with van der Waals surface area (Å²) >= 11 is 5.87. The van der Waals surface area contributed by atoms with E-state index in [0.29, 0.717) is 31.0 Å². The van der Waals surface area contributed by atoms with Crippen LogP contribution in [0.4, 0.5) is 0 Å². The van der Waals surface area contributed by atoms with E-state index in [4.69, 9.17) is 11.6 Å². The van der Waals surface area contributed by atoms with E-state index in [0.717, 1.165) is 22.9 Å². The zero-order valence-electron chi connectivity index (χ0n) is 16.5. The van der Waals surface area contributed by atoms with Crippen molar-refractivity contribution < 1.29 is 13.2 Å². The predicted molar refractivity (Wildman–Crippen MR) is 118 cm³/mol. The average Bonchev–Trinajstić information content (AvgIpc) is 3.17. The summed E-state index contributed by atoms with van der Waals surface area (Å²) in [7, 11) is -3.63. The number of aromatic nitrogens is 1. The van der Waals surface area contributed by atoms with Crippen molar-refractivity contribution >= 4 is 38.4 Å². The fourth-order valence-electron chi connectivity index (χ4n) is 3.93. The molecule has 0 radical (unpaired) electrons. The van der Waals surface area contributed by atoms with Gasteiger partial charge in [-0.2, -0.15) is 4.31 Å². The van der Waals surface area contributed by atoms with Crippen LogP contribution in [0.15, 0.2) is 59.6 Å². The highest BCUT2D eigenvalue weighted by Crippen LogP contribution is 2.25. The summed E-state index contributed by atoms with van der Waals surface area (Å²) in [4.78, 5) is 16.1. The van der Waals surface area contributed by atoms with Gasteiger partial charge in [-0.05, 0) is 55.2 Å². The number of hydrogen-bond donors (Lipinski definition) is 2. The number of rotatable bonds is 6. The van der Waals surface area contributed by atoms with Crippen molar-refractivity contribution in [3.8, 4) is 0 Å². The summed E-state index contributed by atoms with van der Waals surface area (Å²) in [6.07, 6.45) is 4.03. The maximum Gasteiger partial charge on any atom is 0.243 e. The first-order chi connectivity index (χ1) is 14.4. The van der Waals surface area contributed by atoms with Crippen molar-refractivity contribution in [3.05, 3.63) is 65.3 Å². The maximum absolute atomic E-state index is 12.9. The quantitative estimate of drug-likeness (QED) is 0.608. The highest BCUT2D eigenvalue weighted by Gasteiger charge is 2.33. The number of fused-ring (bicyclic) bond motifs is 1. The summed E-state index contributed by atoms with van der Waals surface area (Å²) in [5.74, 6) is -0.436. The van der Waals surface area contributed by atoms with Crippen molar-refractivity contribution in [1.29, 1.82) is 0 Å². The average molecular weight is 446 g/mol. The molecule has 2 aromatic carbocycles. The van der Waals surface area contributed by atoms with Crippen molar-refractivity contribution in [3.63, 3.8) is 0 Å². The van der Waals surface area contributed by atoms with Gasteiger partial charge in [0.1, 0.15) is 0 Å². The van der Waals surface area contributed by atoms with Crippen LogP contribution in [0.3, 0.4) is 0 Å². The monoisotopic (exact) mass is 445 g/mol. The summed E-state index contributed by atoms with van der Waals surface area (Å²) in [6, 6.07) is 14.2. The van der Waals surface area contributed by atoms with Crippen LogP contribution in [0.5, 0.6) is 0 Å². The number of sulfonamides is 1. The molecule has 0 saturated carbocycles. The van der Waals surface area contributed by atoms with E-state index in [1.807, 2.05) is 24.4 Å². The third kappa shape index (κ3) is 4.38. The summed E-state index contributed by atoms with van der Waals surface area (Å²) in [6.45, 7) is 1.13. The minimum atomic E-state index is -3.63. The fourth-order valence-corrected chi connectivity index (χ4v) is 5.58. The highest BCUT2D eigenvalue weighted by atomic mass is 35.5. The number of benzene rings is 2. The largest absolute Gasteiger partial charge is 0.361 e. The molecule has 158 valence electrons. The third-order valence-corrected chi connectivity index (χ3v) is 7.71. The molecule has 0 aliphatic carbocycles. The Morgan fingerprint density at radius 3 is 2.73 bits per heavy atom. The van der Waals surface area contributed by atoms with Crippen LogP contribution in [0.25, 0.3) is 10.9 Å². The van der Waals surface area contributed by atoms with Gasteiger partial charge in [-0.1, -0.05) is 29.8 Å². The molecule has 1 saturated heterocycles. The van der Waals surface area contributed by atoms with Gasteiger partial charge >= 0.3 is 0 Å². The Balaban J connectivity index is 1.36. The number of aromatic amines is 1. The Hall–Kier alpha value is -2.35. The van der Waals surface area contributed by atoms with E-state index < -0.39 is 10.0 Å². The first-order valence-electron chi connectivity index (χ1n) is 10.0. The number of amides is 1. The molecule has 30 heavy (non-hydrogen) atoms. The van der Waals surface area contributed by atoms with Gasteiger partial charge in [0.25, 0.3) is 0 Å². The van der Waals surface area contributed by atoms with Gasteiger partial charge < -0.3 is 10.3 Å². The van der Waals surface area contributed by atoms with Crippen LogP contribution >= 0.6 is 11.6 Å². The molecule has 1 amide bonds. The van der Waals surface area contributed by atoms with Gasteiger partial charge in [-0.25, -0.2) is 8.42 Å². The molecule has 4 rings (SSSR count). The number of hydrogen-bond acceptors (Lipinski definition) is 3. The van der Waals surface area contributed by atoms with E-state index in [1.54, 1.807) is 12.1 Å². The molecule has 0 unspecified atom stereocenters. The molecule has 1 aliphatic rings. The summed E-state index contributed by atoms with van der Waals surface area (Å²) in [5.41, 5.74) is 2.23. The van der Waals surface area contributed by atoms with Gasteiger partial charge in [0.05, 0.1) is 10.8 Å². The van der Waals surface area contributed by atoms with Crippen LogP contribution in [0, 0.1) is 5.92 Å². The van der Waals surface area contributed by atoms with Gasteiger partial charge in [-0.3, -0.25) is 4.79 Å². The molecule has 2 heterocycles. The van der Waals surface area contributed by atoms with E-state index in [1.165, 1.54) is 16.4 Å². The van der Waals surface area contributed by atoms with E-state index in [-0.39, 0.29) is 23.3 Å². The Morgan fingerprint density at radius 2 is 1.93 bits per heavy atom. The zero-order valence-corrected chi connectivity index (χ0v) is 18.0. The first kappa shape index (κ1) is 20.9. The maximum atomic E-state index is 12.9. The highest BCUT2D eigenvalue weighted by molar-refractivity contribution is 7.89. The smallest absolute Gasteiger partial charge is 0.243 e. The number of piperidine rings is 1.